The zero-order chi connectivity index (χ0) is 15.2. The Hall–Kier alpha value is -1.65. The molecule has 0 aliphatic carbocycles. The number of methoxy groups -OCH3 is 1. The van der Waals surface area contributed by atoms with Crippen LogP contribution in [0.15, 0.2) is 53.4 Å². The fourth-order valence-electron chi connectivity index (χ4n) is 1.95. The minimum absolute atomic E-state index is 0.346. The number of hydrogen-bond acceptors (Lipinski definition) is 3. The van der Waals surface area contributed by atoms with Gasteiger partial charge in [-0.05, 0) is 42.3 Å². The largest absolute Gasteiger partial charge is 0.496 e. The van der Waals surface area contributed by atoms with E-state index in [4.69, 9.17) is 16.3 Å². The number of rotatable bonds is 6. The van der Waals surface area contributed by atoms with Gasteiger partial charge in [-0.3, -0.25) is 4.79 Å². The summed E-state index contributed by atoms with van der Waals surface area (Å²) in [6.07, 6.45) is 0.346. The van der Waals surface area contributed by atoms with Gasteiger partial charge in [-0.1, -0.05) is 29.8 Å². The molecule has 0 saturated heterocycles. The predicted octanol–water partition coefficient (Wildman–Crippen LogP) is 4.14. The van der Waals surface area contributed by atoms with Crippen LogP contribution in [-0.4, -0.2) is 23.4 Å². The first-order valence-electron chi connectivity index (χ1n) is 6.37. The normalized spacial score (nSPS) is 11.9. The minimum Gasteiger partial charge on any atom is -0.496 e. The highest BCUT2D eigenvalue weighted by Gasteiger charge is 2.21. The highest BCUT2D eigenvalue weighted by molar-refractivity contribution is 8.00. The molecule has 0 aliphatic rings. The van der Waals surface area contributed by atoms with Crippen molar-refractivity contribution < 1.29 is 14.6 Å². The molecular weight excluding hydrogens is 308 g/mol. The molecule has 0 bridgehead atoms. The average Bonchev–Trinajstić information content (AvgIpc) is 2.48. The minimum atomic E-state index is -0.856. The highest BCUT2D eigenvalue weighted by atomic mass is 35.5. The topological polar surface area (TPSA) is 46.5 Å². The SMILES string of the molecule is COc1ccc(Cl)cc1C[C@@H](Sc1ccccc1)C(=O)O. The first-order chi connectivity index (χ1) is 10.1. The number of carboxylic acid groups (broad SMARTS) is 1. The number of aliphatic carboxylic acids is 1. The van der Waals surface area contributed by atoms with Gasteiger partial charge in [-0.15, -0.1) is 11.8 Å². The number of carboxylic acids is 1. The zero-order valence-electron chi connectivity index (χ0n) is 11.5. The van der Waals surface area contributed by atoms with Crippen LogP contribution >= 0.6 is 23.4 Å². The van der Waals surface area contributed by atoms with Gasteiger partial charge >= 0.3 is 5.97 Å². The zero-order valence-corrected chi connectivity index (χ0v) is 13.0. The third kappa shape index (κ3) is 4.41. The second-order valence-corrected chi connectivity index (χ2v) is 6.13. The van der Waals surface area contributed by atoms with E-state index in [0.29, 0.717) is 17.2 Å². The molecule has 0 unspecified atom stereocenters. The molecular formula is C16H15ClO3S. The lowest BCUT2D eigenvalue weighted by molar-refractivity contribution is -0.136. The molecule has 0 aliphatic heterocycles. The molecule has 0 fully saturated rings. The summed E-state index contributed by atoms with van der Waals surface area (Å²) in [4.78, 5) is 12.4. The number of thioether (sulfide) groups is 1. The van der Waals surface area contributed by atoms with Crippen LogP contribution in [0, 0.1) is 0 Å². The van der Waals surface area contributed by atoms with Gasteiger partial charge in [0.05, 0.1) is 7.11 Å². The van der Waals surface area contributed by atoms with Gasteiger partial charge in [0.1, 0.15) is 11.0 Å². The third-order valence-electron chi connectivity index (χ3n) is 2.94. The van der Waals surface area contributed by atoms with Crippen LogP contribution in [0.4, 0.5) is 0 Å². The van der Waals surface area contributed by atoms with Gasteiger partial charge in [0.15, 0.2) is 0 Å². The predicted molar refractivity (Wildman–Crippen MR) is 85.4 cm³/mol. The van der Waals surface area contributed by atoms with Crippen molar-refractivity contribution in [3.05, 3.63) is 59.1 Å². The van der Waals surface area contributed by atoms with Crippen LogP contribution in [0.25, 0.3) is 0 Å². The van der Waals surface area contributed by atoms with Crippen LogP contribution in [-0.2, 0) is 11.2 Å². The van der Waals surface area contributed by atoms with Crippen molar-refractivity contribution in [2.75, 3.05) is 7.11 Å². The molecule has 0 aromatic heterocycles. The summed E-state index contributed by atoms with van der Waals surface area (Å²) in [6.45, 7) is 0. The molecule has 1 atom stereocenters. The maximum atomic E-state index is 11.5. The maximum Gasteiger partial charge on any atom is 0.317 e. The fourth-order valence-corrected chi connectivity index (χ4v) is 3.15. The van der Waals surface area contributed by atoms with Gasteiger partial charge in [0.2, 0.25) is 0 Å². The van der Waals surface area contributed by atoms with Crippen molar-refractivity contribution in [2.24, 2.45) is 0 Å². The van der Waals surface area contributed by atoms with Gasteiger partial charge in [0, 0.05) is 9.92 Å². The monoisotopic (exact) mass is 322 g/mol. The van der Waals surface area contributed by atoms with E-state index in [9.17, 15) is 9.90 Å². The smallest absolute Gasteiger partial charge is 0.317 e. The summed E-state index contributed by atoms with van der Waals surface area (Å²) in [6, 6.07) is 14.7. The molecule has 3 nitrogen and oxygen atoms in total. The molecule has 2 rings (SSSR count). The van der Waals surface area contributed by atoms with Crippen molar-refractivity contribution >= 4 is 29.3 Å². The number of hydrogen-bond donors (Lipinski definition) is 1. The Labute approximate surface area is 132 Å². The lowest BCUT2D eigenvalue weighted by Gasteiger charge is -2.15. The molecule has 0 saturated carbocycles. The number of benzene rings is 2. The molecule has 2 aromatic rings. The Morgan fingerprint density at radius 1 is 1.29 bits per heavy atom. The van der Waals surface area contributed by atoms with Crippen LogP contribution in [0.1, 0.15) is 5.56 Å². The van der Waals surface area contributed by atoms with Crippen LogP contribution in [0.5, 0.6) is 5.75 Å². The molecule has 0 spiro atoms. The molecule has 110 valence electrons. The second-order valence-electron chi connectivity index (χ2n) is 4.42. The van der Waals surface area contributed by atoms with Gasteiger partial charge in [-0.25, -0.2) is 0 Å². The summed E-state index contributed by atoms with van der Waals surface area (Å²) in [5.41, 5.74) is 0.792. The Bertz CT molecular complexity index is 616. The van der Waals surface area contributed by atoms with E-state index < -0.39 is 11.2 Å². The lowest BCUT2D eigenvalue weighted by atomic mass is 10.1. The first-order valence-corrected chi connectivity index (χ1v) is 7.63. The van der Waals surface area contributed by atoms with E-state index in [0.717, 1.165) is 10.5 Å². The standard InChI is InChI=1S/C16H15ClO3S/c1-20-14-8-7-12(17)9-11(14)10-15(16(18)19)21-13-5-3-2-4-6-13/h2-9,15H,10H2,1H3,(H,18,19)/t15-/m1/s1. The molecule has 0 heterocycles. The summed E-state index contributed by atoms with van der Waals surface area (Å²) >= 11 is 7.31. The van der Waals surface area contributed by atoms with E-state index in [-0.39, 0.29) is 0 Å². The Balaban J connectivity index is 2.20. The lowest BCUT2D eigenvalue weighted by Crippen LogP contribution is -2.19. The maximum absolute atomic E-state index is 11.5. The molecule has 1 N–H and O–H groups in total. The van der Waals surface area contributed by atoms with E-state index >= 15 is 0 Å². The van der Waals surface area contributed by atoms with E-state index in [1.54, 1.807) is 25.3 Å². The average molecular weight is 323 g/mol. The molecule has 21 heavy (non-hydrogen) atoms. The van der Waals surface area contributed by atoms with E-state index in [2.05, 4.69) is 0 Å². The van der Waals surface area contributed by atoms with Crippen molar-refractivity contribution in [2.45, 2.75) is 16.6 Å². The highest BCUT2D eigenvalue weighted by Crippen LogP contribution is 2.30. The van der Waals surface area contributed by atoms with Crippen molar-refractivity contribution in [3.8, 4) is 5.75 Å². The summed E-state index contributed by atoms with van der Waals surface area (Å²) < 4.78 is 5.27. The summed E-state index contributed by atoms with van der Waals surface area (Å²) in [5.74, 6) is -0.204. The molecule has 2 aromatic carbocycles. The number of halogens is 1. The van der Waals surface area contributed by atoms with Gasteiger partial charge in [-0.2, -0.15) is 0 Å². The first kappa shape index (κ1) is 15.7. The fraction of sp³-hybridized carbons (Fsp3) is 0.188. The number of carbonyl (C=O) groups is 1. The molecule has 0 radical (unpaired) electrons. The Kier molecular flexibility index (Phi) is 5.53. The number of ether oxygens (including phenoxy) is 1. The summed E-state index contributed by atoms with van der Waals surface area (Å²) in [7, 11) is 1.56. The van der Waals surface area contributed by atoms with Crippen molar-refractivity contribution in [3.63, 3.8) is 0 Å². The Morgan fingerprint density at radius 2 is 2.00 bits per heavy atom. The van der Waals surface area contributed by atoms with E-state index in [1.165, 1.54) is 11.8 Å². The van der Waals surface area contributed by atoms with Gasteiger partial charge in [0.25, 0.3) is 0 Å². The van der Waals surface area contributed by atoms with Crippen molar-refractivity contribution in [1.29, 1.82) is 0 Å². The van der Waals surface area contributed by atoms with Gasteiger partial charge < -0.3 is 9.84 Å². The van der Waals surface area contributed by atoms with E-state index in [1.807, 2.05) is 30.3 Å². The van der Waals surface area contributed by atoms with Crippen molar-refractivity contribution in [1.82, 2.24) is 0 Å². The quantitative estimate of drug-likeness (QED) is 0.812. The Morgan fingerprint density at radius 3 is 2.62 bits per heavy atom. The second kappa shape index (κ2) is 7.38. The molecule has 0 amide bonds. The van der Waals surface area contributed by atoms with Crippen LogP contribution in [0.3, 0.4) is 0 Å². The van der Waals surface area contributed by atoms with Crippen LogP contribution in [0.2, 0.25) is 5.02 Å². The molecule has 5 heteroatoms. The summed E-state index contributed by atoms with van der Waals surface area (Å²) in [5, 5.41) is 9.41. The third-order valence-corrected chi connectivity index (χ3v) is 4.38. The van der Waals surface area contributed by atoms with Crippen LogP contribution < -0.4 is 4.74 Å².